The summed E-state index contributed by atoms with van der Waals surface area (Å²) in [5.41, 5.74) is 1.32. The summed E-state index contributed by atoms with van der Waals surface area (Å²) in [6.07, 6.45) is 3.16. The van der Waals surface area contributed by atoms with E-state index in [4.69, 9.17) is 16.7 Å². The molecule has 11 heavy (non-hydrogen) atoms. The quantitative estimate of drug-likeness (QED) is 0.659. The molecule has 1 rings (SSSR count). The Morgan fingerprint density at radius 3 is 2.73 bits per heavy atom. The van der Waals surface area contributed by atoms with E-state index < -0.39 is 5.97 Å². The van der Waals surface area contributed by atoms with Gasteiger partial charge in [0, 0.05) is 5.03 Å². The lowest BCUT2D eigenvalue weighted by molar-refractivity contribution is -0.132. The maximum absolute atomic E-state index is 10.5. The summed E-state index contributed by atoms with van der Waals surface area (Å²) < 4.78 is 0. The zero-order valence-corrected chi connectivity index (χ0v) is 6.98. The minimum Gasteiger partial charge on any atom is -0.478 e. The maximum Gasteiger partial charge on any atom is 0.336 e. The van der Waals surface area contributed by atoms with Gasteiger partial charge < -0.3 is 5.11 Å². The van der Waals surface area contributed by atoms with E-state index in [9.17, 15) is 4.79 Å². The fourth-order valence-electron chi connectivity index (χ4n) is 1.02. The second-order valence-corrected chi connectivity index (χ2v) is 3.07. The summed E-state index contributed by atoms with van der Waals surface area (Å²) in [5, 5.41) is 9.10. The Labute approximate surface area is 70.2 Å². The van der Waals surface area contributed by atoms with Gasteiger partial charge in [-0.15, -0.1) is 0 Å². The first-order valence-electron chi connectivity index (χ1n) is 3.40. The molecule has 0 unspecified atom stereocenters. The van der Waals surface area contributed by atoms with Gasteiger partial charge in [0.05, 0.1) is 5.57 Å². The van der Waals surface area contributed by atoms with E-state index in [2.05, 4.69) is 0 Å². The van der Waals surface area contributed by atoms with Gasteiger partial charge in [-0.05, 0) is 25.8 Å². The van der Waals surface area contributed by atoms with Crippen LogP contribution in [-0.2, 0) is 4.79 Å². The third-order valence-electron chi connectivity index (χ3n) is 1.65. The fourth-order valence-corrected chi connectivity index (χ4v) is 1.25. The Hall–Kier alpha value is -0.760. The van der Waals surface area contributed by atoms with Gasteiger partial charge in [-0.2, -0.15) is 0 Å². The Bertz CT molecular complexity index is 251. The van der Waals surface area contributed by atoms with E-state index in [0.717, 1.165) is 12.0 Å². The summed E-state index contributed by atoms with van der Waals surface area (Å²) in [5.74, 6) is -0.936. The average molecular weight is 173 g/mol. The Kier molecular flexibility index (Phi) is 2.35. The van der Waals surface area contributed by atoms with Crippen LogP contribution in [0.1, 0.15) is 19.8 Å². The molecule has 0 amide bonds. The van der Waals surface area contributed by atoms with Crippen LogP contribution in [0.25, 0.3) is 0 Å². The molecule has 0 aliphatic heterocycles. The van der Waals surface area contributed by atoms with Gasteiger partial charge >= 0.3 is 5.97 Å². The van der Waals surface area contributed by atoms with Crippen molar-refractivity contribution in [2.24, 2.45) is 0 Å². The van der Waals surface area contributed by atoms with E-state index in [-0.39, 0.29) is 5.57 Å². The Morgan fingerprint density at radius 1 is 1.64 bits per heavy atom. The molecule has 1 aliphatic rings. The monoisotopic (exact) mass is 172 g/mol. The van der Waals surface area contributed by atoms with Crippen LogP contribution in [0.3, 0.4) is 0 Å². The zero-order chi connectivity index (χ0) is 8.43. The number of hydrogen-bond donors (Lipinski definition) is 1. The van der Waals surface area contributed by atoms with Crippen molar-refractivity contribution >= 4 is 17.6 Å². The summed E-state index contributed by atoms with van der Waals surface area (Å²) in [6, 6.07) is 0. The summed E-state index contributed by atoms with van der Waals surface area (Å²) in [7, 11) is 0. The third-order valence-corrected chi connectivity index (χ3v) is 2.04. The van der Waals surface area contributed by atoms with Gasteiger partial charge in [-0.3, -0.25) is 0 Å². The Morgan fingerprint density at radius 2 is 2.27 bits per heavy atom. The van der Waals surface area contributed by atoms with Crippen LogP contribution in [0.4, 0.5) is 0 Å². The standard InChI is InChI=1S/C8H9ClO2/c1-5-2-3-7(9)6(4-5)8(10)11/h4H,2-3H2,1H3,(H,10,11). The van der Waals surface area contributed by atoms with Crippen molar-refractivity contribution in [2.45, 2.75) is 19.8 Å². The zero-order valence-electron chi connectivity index (χ0n) is 6.22. The van der Waals surface area contributed by atoms with Crippen LogP contribution in [0.15, 0.2) is 22.3 Å². The predicted molar refractivity (Wildman–Crippen MR) is 43.5 cm³/mol. The highest BCUT2D eigenvalue weighted by Gasteiger charge is 2.14. The normalized spacial score (nSPS) is 18.2. The number of halogens is 1. The topological polar surface area (TPSA) is 37.3 Å². The molecule has 60 valence electrons. The second-order valence-electron chi connectivity index (χ2n) is 2.61. The summed E-state index contributed by atoms with van der Waals surface area (Å²) in [6.45, 7) is 1.91. The van der Waals surface area contributed by atoms with Crippen molar-refractivity contribution in [3.63, 3.8) is 0 Å². The van der Waals surface area contributed by atoms with Crippen molar-refractivity contribution in [3.05, 3.63) is 22.3 Å². The van der Waals surface area contributed by atoms with Gasteiger partial charge in [0.25, 0.3) is 0 Å². The smallest absolute Gasteiger partial charge is 0.336 e. The van der Waals surface area contributed by atoms with Crippen LogP contribution in [0, 0.1) is 0 Å². The molecule has 0 aromatic heterocycles. The summed E-state index contributed by atoms with van der Waals surface area (Å²) in [4.78, 5) is 10.5. The van der Waals surface area contributed by atoms with Gasteiger partial charge in [-0.25, -0.2) is 4.79 Å². The molecule has 2 nitrogen and oxygen atoms in total. The lowest BCUT2D eigenvalue weighted by atomic mass is 10.0. The molecular formula is C8H9ClO2. The van der Waals surface area contributed by atoms with Crippen LogP contribution < -0.4 is 0 Å². The number of hydrogen-bond acceptors (Lipinski definition) is 1. The van der Waals surface area contributed by atoms with Crippen LogP contribution >= 0.6 is 11.6 Å². The molecule has 0 radical (unpaired) electrons. The maximum atomic E-state index is 10.5. The lowest BCUT2D eigenvalue weighted by Gasteiger charge is -2.10. The first kappa shape index (κ1) is 8.34. The van der Waals surface area contributed by atoms with E-state index in [0.29, 0.717) is 11.5 Å². The molecule has 0 bridgehead atoms. The minimum absolute atomic E-state index is 0.246. The number of aliphatic carboxylic acids is 1. The summed E-state index contributed by atoms with van der Waals surface area (Å²) >= 11 is 5.70. The molecular weight excluding hydrogens is 164 g/mol. The molecule has 0 atom stereocenters. The molecule has 3 heteroatoms. The number of rotatable bonds is 1. The number of carboxylic acids is 1. The van der Waals surface area contributed by atoms with Crippen molar-refractivity contribution in [3.8, 4) is 0 Å². The Balaban J connectivity index is 2.98. The second kappa shape index (κ2) is 3.09. The van der Waals surface area contributed by atoms with E-state index in [1.807, 2.05) is 6.92 Å². The highest BCUT2D eigenvalue weighted by molar-refractivity contribution is 6.32. The van der Waals surface area contributed by atoms with Crippen LogP contribution in [0.2, 0.25) is 0 Å². The predicted octanol–water partition coefficient (Wildman–Crippen LogP) is 2.30. The molecule has 0 fully saturated rings. The van der Waals surface area contributed by atoms with Crippen LogP contribution in [0.5, 0.6) is 0 Å². The number of carboxylic acid groups (broad SMARTS) is 1. The highest BCUT2D eigenvalue weighted by Crippen LogP contribution is 2.26. The highest BCUT2D eigenvalue weighted by atomic mass is 35.5. The van der Waals surface area contributed by atoms with Gasteiger partial charge in [0.2, 0.25) is 0 Å². The molecule has 1 aliphatic carbocycles. The van der Waals surface area contributed by atoms with Gasteiger partial charge in [0.1, 0.15) is 0 Å². The molecule has 1 N–H and O–H groups in total. The van der Waals surface area contributed by atoms with E-state index in [1.54, 1.807) is 6.08 Å². The molecule has 0 aromatic rings. The van der Waals surface area contributed by atoms with Crippen molar-refractivity contribution in [1.29, 1.82) is 0 Å². The molecule has 0 spiro atoms. The van der Waals surface area contributed by atoms with Crippen molar-refractivity contribution < 1.29 is 9.90 Å². The SMILES string of the molecule is CC1=CC(C(=O)O)=C(Cl)CC1. The van der Waals surface area contributed by atoms with Crippen LogP contribution in [-0.4, -0.2) is 11.1 Å². The fraction of sp³-hybridized carbons (Fsp3) is 0.375. The minimum atomic E-state index is -0.936. The van der Waals surface area contributed by atoms with Crippen molar-refractivity contribution in [1.82, 2.24) is 0 Å². The average Bonchev–Trinajstić information content (AvgIpc) is 1.94. The lowest BCUT2D eigenvalue weighted by Crippen LogP contribution is -2.04. The number of allylic oxidation sites excluding steroid dienone is 2. The van der Waals surface area contributed by atoms with Gasteiger partial charge in [0.15, 0.2) is 0 Å². The third kappa shape index (κ3) is 1.84. The van der Waals surface area contributed by atoms with E-state index >= 15 is 0 Å². The van der Waals surface area contributed by atoms with Gasteiger partial charge in [-0.1, -0.05) is 17.2 Å². The number of carbonyl (C=O) groups is 1. The molecule has 0 saturated heterocycles. The first-order valence-corrected chi connectivity index (χ1v) is 3.78. The first-order chi connectivity index (χ1) is 5.11. The molecule has 0 saturated carbocycles. The molecule has 0 heterocycles. The van der Waals surface area contributed by atoms with Crippen molar-refractivity contribution in [2.75, 3.05) is 0 Å². The van der Waals surface area contributed by atoms with E-state index in [1.165, 1.54) is 0 Å². The largest absolute Gasteiger partial charge is 0.478 e. The molecule has 0 aromatic carbocycles.